The van der Waals surface area contributed by atoms with Crippen molar-refractivity contribution in [1.29, 1.82) is 0 Å². The molecule has 0 unspecified atom stereocenters. The molecule has 0 aromatic carbocycles. The Bertz CT molecular complexity index is 430. The van der Waals surface area contributed by atoms with Crippen LogP contribution in [0, 0.1) is 17.3 Å². The topological polar surface area (TPSA) is 67.9 Å². The van der Waals surface area contributed by atoms with Gasteiger partial charge >= 0.3 is 0 Å². The van der Waals surface area contributed by atoms with E-state index in [0.29, 0.717) is 32.2 Å². The van der Waals surface area contributed by atoms with Gasteiger partial charge in [0.25, 0.3) is 0 Å². The van der Waals surface area contributed by atoms with Gasteiger partial charge in [-0.2, -0.15) is 0 Å². The predicted octanol–water partition coefficient (Wildman–Crippen LogP) is 0.414. The molecule has 2 aliphatic heterocycles. The van der Waals surface area contributed by atoms with Gasteiger partial charge in [-0.3, -0.25) is 9.59 Å². The smallest absolute Gasteiger partial charge is 0.248 e. The summed E-state index contributed by atoms with van der Waals surface area (Å²) in [6.45, 7) is 3.40. The van der Waals surface area contributed by atoms with Gasteiger partial charge < -0.3 is 19.7 Å². The van der Waals surface area contributed by atoms with Crippen LogP contribution in [0.4, 0.5) is 0 Å². The molecule has 0 aromatic rings. The minimum atomic E-state index is -0.116. The van der Waals surface area contributed by atoms with Crippen molar-refractivity contribution in [3.63, 3.8) is 0 Å². The van der Waals surface area contributed by atoms with Crippen LogP contribution in [0.3, 0.4) is 0 Å². The maximum absolute atomic E-state index is 12.7. The molecule has 0 radical (unpaired) electrons. The van der Waals surface area contributed by atoms with Crippen LogP contribution in [-0.2, 0) is 19.1 Å². The second kappa shape index (κ2) is 6.54. The van der Waals surface area contributed by atoms with Crippen molar-refractivity contribution in [2.75, 3.05) is 46.6 Å². The molecule has 1 saturated carbocycles. The largest absolute Gasteiger partial charge is 0.381 e. The molecule has 2 amide bonds. The van der Waals surface area contributed by atoms with Crippen molar-refractivity contribution in [2.45, 2.75) is 25.7 Å². The molecule has 1 aliphatic carbocycles. The zero-order chi connectivity index (χ0) is 15.6. The first-order valence-electron chi connectivity index (χ1n) is 8.27. The van der Waals surface area contributed by atoms with Crippen molar-refractivity contribution >= 4 is 11.8 Å². The lowest BCUT2D eigenvalue weighted by molar-refractivity contribution is -0.134. The summed E-state index contributed by atoms with van der Waals surface area (Å²) in [6, 6.07) is 0. The zero-order valence-corrected chi connectivity index (χ0v) is 13.3. The molecule has 124 valence electrons. The molecule has 2 saturated heterocycles. The van der Waals surface area contributed by atoms with Gasteiger partial charge in [0, 0.05) is 45.4 Å². The van der Waals surface area contributed by atoms with Crippen molar-refractivity contribution in [3.05, 3.63) is 0 Å². The number of amides is 2. The molecule has 3 aliphatic rings. The summed E-state index contributed by atoms with van der Waals surface area (Å²) >= 11 is 0. The number of hydrogen-bond donors (Lipinski definition) is 1. The molecule has 0 aromatic heterocycles. The number of methoxy groups -OCH3 is 1. The van der Waals surface area contributed by atoms with Crippen molar-refractivity contribution < 1.29 is 19.1 Å². The van der Waals surface area contributed by atoms with Gasteiger partial charge in [0.2, 0.25) is 11.8 Å². The first-order valence-corrected chi connectivity index (χ1v) is 8.27. The van der Waals surface area contributed by atoms with Gasteiger partial charge in [-0.1, -0.05) is 0 Å². The molecule has 2 heterocycles. The number of nitrogens with one attached hydrogen (secondary N) is 1. The van der Waals surface area contributed by atoms with E-state index in [-0.39, 0.29) is 29.8 Å². The normalized spacial score (nSPS) is 27.1. The SMILES string of the molecule is COCC(=O)N1C[C@@H](C(=O)NCC2CC2)C2(CCOCC2)C1. The van der Waals surface area contributed by atoms with E-state index in [0.717, 1.165) is 19.4 Å². The Morgan fingerprint density at radius 2 is 2.05 bits per heavy atom. The third-order valence-corrected chi connectivity index (χ3v) is 5.34. The van der Waals surface area contributed by atoms with Gasteiger partial charge in [-0.25, -0.2) is 0 Å². The number of hydrogen-bond acceptors (Lipinski definition) is 4. The molecule has 0 bridgehead atoms. The summed E-state index contributed by atoms with van der Waals surface area (Å²) in [6.07, 6.45) is 4.15. The molecule has 1 N–H and O–H groups in total. The molecule has 3 fully saturated rings. The Kier molecular flexibility index (Phi) is 4.68. The Morgan fingerprint density at radius 1 is 1.32 bits per heavy atom. The minimum Gasteiger partial charge on any atom is -0.381 e. The van der Waals surface area contributed by atoms with Crippen LogP contribution in [0.1, 0.15) is 25.7 Å². The molecule has 6 nitrogen and oxygen atoms in total. The first kappa shape index (κ1) is 15.7. The van der Waals surface area contributed by atoms with Crippen LogP contribution in [0.5, 0.6) is 0 Å². The second-order valence-corrected chi connectivity index (χ2v) is 6.92. The maximum atomic E-state index is 12.7. The number of carbonyl (C=O) groups excluding carboxylic acids is 2. The lowest BCUT2D eigenvalue weighted by atomic mass is 9.71. The van der Waals surface area contributed by atoms with E-state index < -0.39 is 0 Å². The summed E-state index contributed by atoms with van der Waals surface area (Å²) < 4.78 is 10.4. The van der Waals surface area contributed by atoms with Crippen LogP contribution < -0.4 is 5.32 Å². The molecule has 1 spiro atoms. The van der Waals surface area contributed by atoms with E-state index in [1.54, 1.807) is 4.90 Å². The molecule has 6 heteroatoms. The van der Waals surface area contributed by atoms with Crippen LogP contribution in [-0.4, -0.2) is 63.3 Å². The summed E-state index contributed by atoms with van der Waals surface area (Å²) in [4.78, 5) is 26.6. The Balaban J connectivity index is 1.68. The Morgan fingerprint density at radius 3 is 2.68 bits per heavy atom. The summed E-state index contributed by atoms with van der Waals surface area (Å²) in [5.74, 6) is 0.644. The molecule has 22 heavy (non-hydrogen) atoms. The lowest BCUT2D eigenvalue weighted by Gasteiger charge is -2.37. The van der Waals surface area contributed by atoms with Gasteiger partial charge in [0.1, 0.15) is 6.61 Å². The summed E-state index contributed by atoms with van der Waals surface area (Å²) in [7, 11) is 1.53. The highest BCUT2D eigenvalue weighted by Crippen LogP contribution is 2.44. The van der Waals surface area contributed by atoms with E-state index >= 15 is 0 Å². The molecule has 3 rings (SSSR count). The van der Waals surface area contributed by atoms with E-state index in [2.05, 4.69) is 5.32 Å². The highest BCUT2D eigenvalue weighted by atomic mass is 16.5. The van der Waals surface area contributed by atoms with Crippen LogP contribution in [0.25, 0.3) is 0 Å². The number of likely N-dealkylation sites (tertiary alicyclic amines) is 1. The number of carbonyl (C=O) groups is 2. The van der Waals surface area contributed by atoms with Gasteiger partial charge in [0.05, 0.1) is 5.92 Å². The lowest BCUT2D eigenvalue weighted by Crippen LogP contribution is -2.44. The summed E-state index contributed by atoms with van der Waals surface area (Å²) in [5, 5.41) is 3.10. The minimum absolute atomic E-state index is 0.0224. The van der Waals surface area contributed by atoms with E-state index in [1.807, 2.05) is 0 Å². The summed E-state index contributed by atoms with van der Waals surface area (Å²) in [5.41, 5.74) is -0.116. The van der Waals surface area contributed by atoms with Gasteiger partial charge in [0.15, 0.2) is 0 Å². The fourth-order valence-electron chi connectivity index (χ4n) is 3.71. The third kappa shape index (κ3) is 3.27. The van der Waals surface area contributed by atoms with Crippen LogP contribution in [0.2, 0.25) is 0 Å². The highest BCUT2D eigenvalue weighted by Gasteiger charge is 2.51. The standard InChI is InChI=1S/C16H26N2O4/c1-21-10-14(19)18-9-13(15(20)17-8-12-2-3-12)16(11-18)4-6-22-7-5-16/h12-13H,2-11H2,1H3,(H,17,20)/t13-/m0/s1. The zero-order valence-electron chi connectivity index (χ0n) is 13.3. The fraction of sp³-hybridized carbons (Fsp3) is 0.875. The van der Waals surface area contributed by atoms with E-state index in [1.165, 1.54) is 20.0 Å². The third-order valence-electron chi connectivity index (χ3n) is 5.34. The van der Waals surface area contributed by atoms with Crippen LogP contribution >= 0.6 is 0 Å². The van der Waals surface area contributed by atoms with Gasteiger partial charge in [-0.15, -0.1) is 0 Å². The van der Waals surface area contributed by atoms with Crippen molar-refractivity contribution in [2.24, 2.45) is 17.3 Å². The second-order valence-electron chi connectivity index (χ2n) is 6.92. The Hall–Kier alpha value is -1.14. The predicted molar refractivity (Wildman–Crippen MR) is 80.2 cm³/mol. The molecular formula is C16H26N2O4. The average molecular weight is 310 g/mol. The first-order chi connectivity index (χ1) is 10.6. The number of rotatable bonds is 5. The monoisotopic (exact) mass is 310 g/mol. The molecule has 1 atom stereocenters. The average Bonchev–Trinajstić information content (AvgIpc) is 3.28. The van der Waals surface area contributed by atoms with E-state index in [9.17, 15) is 9.59 Å². The quantitative estimate of drug-likeness (QED) is 0.799. The van der Waals surface area contributed by atoms with Crippen LogP contribution in [0.15, 0.2) is 0 Å². The maximum Gasteiger partial charge on any atom is 0.248 e. The highest BCUT2D eigenvalue weighted by molar-refractivity contribution is 5.83. The van der Waals surface area contributed by atoms with Crippen molar-refractivity contribution in [3.8, 4) is 0 Å². The number of nitrogens with zero attached hydrogens (tertiary/aromatic N) is 1. The van der Waals surface area contributed by atoms with Gasteiger partial charge in [-0.05, 0) is 31.6 Å². The van der Waals surface area contributed by atoms with Crippen molar-refractivity contribution in [1.82, 2.24) is 10.2 Å². The Labute approximate surface area is 131 Å². The fourth-order valence-corrected chi connectivity index (χ4v) is 3.71. The van der Waals surface area contributed by atoms with E-state index in [4.69, 9.17) is 9.47 Å². The number of ether oxygens (including phenoxy) is 2. The molecular weight excluding hydrogens is 284 g/mol.